The third-order valence-corrected chi connectivity index (χ3v) is 11.0. The third kappa shape index (κ3) is 4.55. The van der Waals surface area contributed by atoms with Crippen molar-refractivity contribution in [2.45, 2.75) is 0 Å². The summed E-state index contributed by atoms with van der Waals surface area (Å²) in [4.78, 5) is 2.36. The zero-order chi connectivity index (χ0) is 32.3. The molecular formula is C46H30N2S. The number of aromatic nitrogens is 1. The van der Waals surface area contributed by atoms with Crippen molar-refractivity contribution in [3.63, 3.8) is 0 Å². The Hall–Kier alpha value is -6.16. The Morgan fingerprint density at radius 2 is 1.02 bits per heavy atom. The first kappa shape index (κ1) is 27.9. The summed E-state index contributed by atoms with van der Waals surface area (Å²) in [5.41, 5.74) is 9.39. The zero-order valence-corrected chi connectivity index (χ0v) is 27.4. The van der Waals surface area contributed by atoms with Crippen LogP contribution >= 0.6 is 11.3 Å². The van der Waals surface area contributed by atoms with Crippen molar-refractivity contribution in [3.8, 4) is 16.8 Å². The van der Waals surface area contributed by atoms with Crippen LogP contribution in [-0.2, 0) is 0 Å². The summed E-state index contributed by atoms with van der Waals surface area (Å²) in [6, 6.07) is 66.0. The van der Waals surface area contributed by atoms with Crippen molar-refractivity contribution in [3.05, 3.63) is 182 Å². The summed E-state index contributed by atoms with van der Waals surface area (Å²) in [6.07, 6.45) is 0. The summed E-state index contributed by atoms with van der Waals surface area (Å²) in [5, 5.41) is 7.76. The second-order valence-corrected chi connectivity index (χ2v) is 13.6. The molecule has 0 bridgehead atoms. The molecule has 2 aromatic heterocycles. The number of hydrogen-bond acceptors (Lipinski definition) is 2. The molecule has 49 heavy (non-hydrogen) atoms. The van der Waals surface area contributed by atoms with Gasteiger partial charge < -0.3 is 9.47 Å². The van der Waals surface area contributed by atoms with Gasteiger partial charge in [-0.05, 0) is 88.6 Å². The predicted octanol–water partition coefficient (Wildman–Crippen LogP) is 13.4. The lowest BCUT2D eigenvalue weighted by Crippen LogP contribution is -2.09. The van der Waals surface area contributed by atoms with Gasteiger partial charge in [-0.25, -0.2) is 0 Å². The highest BCUT2D eigenvalue weighted by molar-refractivity contribution is 7.26. The molecule has 0 aliphatic heterocycles. The van der Waals surface area contributed by atoms with Crippen LogP contribution in [-0.4, -0.2) is 4.57 Å². The maximum Gasteiger partial charge on any atom is 0.0542 e. The van der Waals surface area contributed by atoms with E-state index >= 15 is 0 Å². The first-order chi connectivity index (χ1) is 24.3. The van der Waals surface area contributed by atoms with E-state index < -0.39 is 0 Å². The average molecular weight is 643 g/mol. The van der Waals surface area contributed by atoms with Gasteiger partial charge >= 0.3 is 0 Å². The molecule has 230 valence electrons. The van der Waals surface area contributed by atoms with Crippen molar-refractivity contribution in [1.29, 1.82) is 0 Å². The highest BCUT2D eigenvalue weighted by Crippen LogP contribution is 2.42. The Labute approximate surface area is 288 Å². The van der Waals surface area contributed by atoms with Crippen molar-refractivity contribution in [2.24, 2.45) is 0 Å². The monoisotopic (exact) mass is 642 g/mol. The van der Waals surface area contributed by atoms with Gasteiger partial charge in [0.2, 0.25) is 0 Å². The molecule has 0 atom stereocenters. The minimum absolute atomic E-state index is 1.12. The van der Waals surface area contributed by atoms with Gasteiger partial charge in [0.05, 0.1) is 11.0 Å². The molecule has 0 saturated heterocycles. The van der Waals surface area contributed by atoms with Crippen LogP contribution < -0.4 is 4.90 Å². The molecule has 3 heteroatoms. The summed E-state index contributed by atoms with van der Waals surface area (Å²) >= 11 is 1.89. The lowest BCUT2D eigenvalue weighted by molar-refractivity contribution is 1.18. The molecule has 0 amide bonds. The van der Waals surface area contributed by atoms with E-state index in [2.05, 4.69) is 191 Å². The largest absolute Gasteiger partial charge is 0.310 e. The second kappa shape index (κ2) is 11.2. The Morgan fingerprint density at radius 1 is 0.388 bits per heavy atom. The standard InChI is InChI=1S/C46H30N2S/c1-3-12-34(13-4-1)47(37-25-28-44-42(30-37)39-17-9-10-18-43(39)48(44)35-14-5-2-6-15-35)36-23-19-31(20-24-36)33-22-26-40-41-27-21-32-11-7-8-16-38(32)46(41)49-45(40)29-33/h1-30H. The predicted molar refractivity (Wildman–Crippen MR) is 211 cm³/mol. The fourth-order valence-corrected chi connectivity index (χ4v) is 8.74. The van der Waals surface area contributed by atoms with Crippen LogP contribution in [0.4, 0.5) is 17.1 Å². The molecule has 0 unspecified atom stereocenters. The molecule has 10 aromatic rings. The fraction of sp³-hybridized carbons (Fsp3) is 0. The summed E-state index contributed by atoms with van der Waals surface area (Å²) in [5.74, 6) is 0. The number of nitrogens with zero attached hydrogens (tertiary/aromatic N) is 2. The Balaban J connectivity index is 1.08. The van der Waals surface area contributed by atoms with Crippen LogP contribution in [0.2, 0.25) is 0 Å². The topological polar surface area (TPSA) is 8.17 Å². The minimum atomic E-state index is 1.12. The number of rotatable bonds is 5. The van der Waals surface area contributed by atoms with E-state index in [0.717, 1.165) is 17.1 Å². The van der Waals surface area contributed by atoms with Gasteiger partial charge in [0.25, 0.3) is 0 Å². The Kier molecular flexibility index (Phi) is 6.39. The molecule has 10 rings (SSSR count). The summed E-state index contributed by atoms with van der Waals surface area (Å²) < 4.78 is 5.05. The van der Waals surface area contributed by atoms with E-state index in [1.807, 2.05) is 11.3 Å². The molecule has 0 N–H and O–H groups in total. The number of para-hydroxylation sites is 3. The molecule has 0 aliphatic rings. The second-order valence-electron chi connectivity index (χ2n) is 12.6. The highest BCUT2D eigenvalue weighted by Gasteiger charge is 2.17. The summed E-state index contributed by atoms with van der Waals surface area (Å²) in [7, 11) is 0. The van der Waals surface area contributed by atoms with E-state index in [1.54, 1.807) is 0 Å². The molecule has 2 heterocycles. The molecular weight excluding hydrogens is 613 g/mol. The summed E-state index contributed by atoms with van der Waals surface area (Å²) in [6.45, 7) is 0. The molecule has 8 aromatic carbocycles. The van der Waals surface area contributed by atoms with Crippen molar-refractivity contribution in [1.82, 2.24) is 4.57 Å². The maximum atomic E-state index is 2.37. The van der Waals surface area contributed by atoms with E-state index in [1.165, 1.54) is 69.6 Å². The minimum Gasteiger partial charge on any atom is -0.310 e. The molecule has 0 saturated carbocycles. The molecule has 0 fully saturated rings. The van der Waals surface area contributed by atoms with Crippen molar-refractivity contribution in [2.75, 3.05) is 4.90 Å². The average Bonchev–Trinajstić information content (AvgIpc) is 3.71. The van der Waals surface area contributed by atoms with Crippen LogP contribution in [0.25, 0.3) is 69.6 Å². The molecule has 0 spiro atoms. The number of thiophene rings is 1. The highest BCUT2D eigenvalue weighted by atomic mass is 32.1. The van der Waals surface area contributed by atoms with Gasteiger partial charge in [0.15, 0.2) is 0 Å². The van der Waals surface area contributed by atoms with Gasteiger partial charge in [-0.15, -0.1) is 11.3 Å². The number of benzene rings is 8. The van der Waals surface area contributed by atoms with E-state index in [4.69, 9.17) is 0 Å². The molecule has 2 nitrogen and oxygen atoms in total. The smallest absolute Gasteiger partial charge is 0.0542 e. The van der Waals surface area contributed by atoms with Crippen LogP contribution in [0.15, 0.2) is 182 Å². The van der Waals surface area contributed by atoms with Gasteiger partial charge in [0, 0.05) is 53.7 Å². The van der Waals surface area contributed by atoms with E-state index in [9.17, 15) is 0 Å². The lowest BCUT2D eigenvalue weighted by Gasteiger charge is -2.26. The lowest BCUT2D eigenvalue weighted by atomic mass is 10.0. The quantitative estimate of drug-likeness (QED) is 0.181. The fourth-order valence-electron chi connectivity index (χ4n) is 7.47. The van der Waals surface area contributed by atoms with Gasteiger partial charge in [-0.2, -0.15) is 0 Å². The van der Waals surface area contributed by atoms with E-state index in [-0.39, 0.29) is 0 Å². The van der Waals surface area contributed by atoms with Crippen molar-refractivity contribution >= 4 is 81.1 Å². The number of fused-ring (bicyclic) bond motifs is 8. The molecule has 0 aliphatic carbocycles. The van der Waals surface area contributed by atoms with Crippen LogP contribution in [0, 0.1) is 0 Å². The Bertz CT molecular complexity index is 2810. The van der Waals surface area contributed by atoms with Gasteiger partial charge in [-0.1, -0.05) is 115 Å². The first-order valence-corrected chi connectivity index (χ1v) is 17.5. The Morgan fingerprint density at radius 3 is 1.86 bits per heavy atom. The first-order valence-electron chi connectivity index (χ1n) is 16.7. The van der Waals surface area contributed by atoms with Gasteiger partial charge in [0.1, 0.15) is 0 Å². The van der Waals surface area contributed by atoms with Crippen LogP contribution in [0.5, 0.6) is 0 Å². The number of hydrogen-bond donors (Lipinski definition) is 0. The zero-order valence-electron chi connectivity index (χ0n) is 26.6. The SMILES string of the molecule is c1ccc(N(c2ccc(-c3ccc4c(c3)sc3c5ccccc5ccc43)cc2)c2ccc3c(c2)c2ccccc2n3-c2ccccc2)cc1. The maximum absolute atomic E-state index is 2.37. The number of anilines is 3. The molecule has 0 radical (unpaired) electrons. The van der Waals surface area contributed by atoms with Crippen LogP contribution in [0.3, 0.4) is 0 Å². The van der Waals surface area contributed by atoms with Crippen molar-refractivity contribution < 1.29 is 0 Å². The third-order valence-electron chi connectivity index (χ3n) is 9.77. The van der Waals surface area contributed by atoms with E-state index in [0.29, 0.717) is 0 Å². The van der Waals surface area contributed by atoms with Crippen LogP contribution in [0.1, 0.15) is 0 Å². The normalized spacial score (nSPS) is 11.7. The van der Waals surface area contributed by atoms with Gasteiger partial charge in [-0.3, -0.25) is 0 Å².